The van der Waals surface area contributed by atoms with Crippen LogP contribution < -0.4 is 15.2 Å². The minimum Gasteiger partial charge on any atom is -0.485 e. The van der Waals surface area contributed by atoms with Gasteiger partial charge in [-0.2, -0.15) is 0 Å². The van der Waals surface area contributed by atoms with E-state index in [4.69, 9.17) is 4.74 Å². The van der Waals surface area contributed by atoms with Crippen LogP contribution in [0.1, 0.15) is 12.6 Å². The number of para-hydroxylation sites is 2. The van der Waals surface area contributed by atoms with E-state index in [0.717, 1.165) is 36.8 Å². The number of ether oxygens (including phenoxy) is 1. The molecule has 6 heteroatoms. The second-order valence-corrected chi connectivity index (χ2v) is 6.96. The minimum absolute atomic E-state index is 0.0519. The van der Waals surface area contributed by atoms with Gasteiger partial charge in [0, 0.05) is 31.9 Å². The number of nitrogens with zero attached hydrogens (tertiary/aromatic N) is 4. The maximum Gasteiger partial charge on any atom is 0.258 e. The first-order chi connectivity index (χ1) is 13.1. The van der Waals surface area contributed by atoms with E-state index in [1.165, 1.54) is 0 Å². The molecule has 140 valence electrons. The number of aromatic nitrogens is 2. The van der Waals surface area contributed by atoms with E-state index in [-0.39, 0.29) is 11.7 Å². The highest BCUT2D eigenvalue weighted by Gasteiger charge is 2.25. The Morgan fingerprint density at radius 1 is 1.22 bits per heavy atom. The topological polar surface area (TPSA) is 50.1 Å². The standard InChI is InChI=1S/C21H24N4O2/c1-3-24-15-17(27-19-9-5-4-8-18(19)24)14-23(2)13-16-12-21(26)25-11-7-6-10-20(25)22-16/h4-12,17H,3,13-15H2,1-2H3. The largest absolute Gasteiger partial charge is 0.485 e. The molecule has 0 N–H and O–H groups in total. The summed E-state index contributed by atoms with van der Waals surface area (Å²) in [6.45, 7) is 5.33. The molecule has 0 bridgehead atoms. The first-order valence-corrected chi connectivity index (χ1v) is 9.30. The number of hydrogen-bond donors (Lipinski definition) is 0. The Morgan fingerprint density at radius 3 is 2.89 bits per heavy atom. The van der Waals surface area contributed by atoms with Crippen molar-refractivity contribution in [3.63, 3.8) is 0 Å². The SMILES string of the molecule is CCN1CC(CN(C)Cc2cc(=O)n3ccccc3n2)Oc2ccccc21. The predicted octanol–water partition coefficient (Wildman–Crippen LogP) is 2.41. The quantitative estimate of drug-likeness (QED) is 0.696. The lowest BCUT2D eigenvalue weighted by molar-refractivity contribution is 0.139. The predicted molar refractivity (Wildman–Crippen MR) is 107 cm³/mol. The fourth-order valence-electron chi connectivity index (χ4n) is 3.65. The third-order valence-corrected chi connectivity index (χ3v) is 4.88. The van der Waals surface area contributed by atoms with E-state index in [0.29, 0.717) is 12.2 Å². The Hall–Kier alpha value is -2.86. The highest BCUT2D eigenvalue weighted by molar-refractivity contribution is 5.60. The van der Waals surface area contributed by atoms with Gasteiger partial charge in [-0.05, 0) is 38.2 Å². The average molecular weight is 364 g/mol. The van der Waals surface area contributed by atoms with Crippen molar-refractivity contribution >= 4 is 11.3 Å². The summed E-state index contributed by atoms with van der Waals surface area (Å²) in [7, 11) is 2.04. The van der Waals surface area contributed by atoms with Crippen LogP contribution in [0.4, 0.5) is 5.69 Å². The summed E-state index contributed by atoms with van der Waals surface area (Å²) in [5, 5.41) is 0. The fraction of sp³-hybridized carbons (Fsp3) is 0.333. The van der Waals surface area contributed by atoms with E-state index in [1.807, 2.05) is 43.4 Å². The molecule has 1 atom stereocenters. The van der Waals surface area contributed by atoms with Gasteiger partial charge < -0.3 is 9.64 Å². The van der Waals surface area contributed by atoms with Crippen molar-refractivity contribution in [1.29, 1.82) is 0 Å². The van der Waals surface area contributed by atoms with Gasteiger partial charge in [0.1, 0.15) is 17.5 Å². The summed E-state index contributed by atoms with van der Waals surface area (Å²) in [5.41, 5.74) is 2.55. The summed E-state index contributed by atoms with van der Waals surface area (Å²) in [4.78, 5) is 21.4. The van der Waals surface area contributed by atoms with Gasteiger partial charge in [0.25, 0.3) is 5.56 Å². The molecule has 0 saturated carbocycles. The second kappa shape index (κ2) is 7.40. The summed E-state index contributed by atoms with van der Waals surface area (Å²) >= 11 is 0. The highest BCUT2D eigenvalue weighted by Crippen LogP contribution is 2.32. The second-order valence-electron chi connectivity index (χ2n) is 6.96. The van der Waals surface area contributed by atoms with E-state index in [1.54, 1.807) is 16.7 Å². The number of pyridine rings is 1. The molecular formula is C21H24N4O2. The van der Waals surface area contributed by atoms with Crippen LogP contribution in [0.25, 0.3) is 5.65 Å². The molecule has 1 aromatic carbocycles. The van der Waals surface area contributed by atoms with E-state index in [9.17, 15) is 4.79 Å². The molecule has 3 heterocycles. The molecule has 0 amide bonds. The zero-order chi connectivity index (χ0) is 18.8. The number of hydrogen-bond acceptors (Lipinski definition) is 5. The van der Waals surface area contributed by atoms with Gasteiger partial charge in [-0.15, -0.1) is 0 Å². The zero-order valence-electron chi connectivity index (χ0n) is 15.7. The molecule has 0 radical (unpaired) electrons. The molecule has 27 heavy (non-hydrogen) atoms. The van der Waals surface area contributed by atoms with Crippen LogP contribution in [0.5, 0.6) is 5.75 Å². The van der Waals surface area contributed by atoms with Gasteiger partial charge >= 0.3 is 0 Å². The Kier molecular flexibility index (Phi) is 4.81. The maximum atomic E-state index is 12.3. The van der Waals surface area contributed by atoms with E-state index >= 15 is 0 Å². The van der Waals surface area contributed by atoms with Crippen molar-refractivity contribution in [3.05, 3.63) is 70.8 Å². The monoisotopic (exact) mass is 364 g/mol. The number of fused-ring (bicyclic) bond motifs is 2. The van der Waals surface area contributed by atoms with Crippen LogP contribution in [0, 0.1) is 0 Å². The normalized spacial score (nSPS) is 16.4. The summed E-state index contributed by atoms with van der Waals surface area (Å²) in [5.74, 6) is 0.936. The molecule has 0 aliphatic carbocycles. The van der Waals surface area contributed by atoms with Crippen LogP contribution in [0.15, 0.2) is 59.5 Å². The van der Waals surface area contributed by atoms with Gasteiger partial charge in [-0.3, -0.25) is 14.1 Å². The average Bonchev–Trinajstić information content (AvgIpc) is 2.67. The molecule has 3 aromatic rings. The molecule has 1 aliphatic heterocycles. The molecular weight excluding hydrogens is 340 g/mol. The van der Waals surface area contributed by atoms with Crippen molar-refractivity contribution in [2.24, 2.45) is 0 Å². The molecule has 0 spiro atoms. The number of rotatable bonds is 5. The van der Waals surface area contributed by atoms with Gasteiger partial charge in [0.2, 0.25) is 0 Å². The van der Waals surface area contributed by atoms with Gasteiger partial charge in [0.15, 0.2) is 0 Å². The molecule has 4 rings (SSSR count). The van der Waals surface area contributed by atoms with Crippen LogP contribution in [-0.2, 0) is 6.54 Å². The number of benzene rings is 1. The highest BCUT2D eigenvalue weighted by atomic mass is 16.5. The van der Waals surface area contributed by atoms with Crippen LogP contribution in [0.3, 0.4) is 0 Å². The van der Waals surface area contributed by atoms with Gasteiger partial charge in [-0.25, -0.2) is 4.98 Å². The fourth-order valence-corrected chi connectivity index (χ4v) is 3.65. The number of likely N-dealkylation sites (N-methyl/N-ethyl adjacent to an activating group) is 2. The van der Waals surface area contributed by atoms with Crippen LogP contribution in [-0.4, -0.2) is 47.1 Å². The van der Waals surface area contributed by atoms with Crippen molar-refractivity contribution in [1.82, 2.24) is 14.3 Å². The van der Waals surface area contributed by atoms with E-state index in [2.05, 4.69) is 27.8 Å². The zero-order valence-corrected chi connectivity index (χ0v) is 15.7. The van der Waals surface area contributed by atoms with Crippen LogP contribution in [0.2, 0.25) is 0 Å². The third-order valence-electron chi connectivity index (χ3n) is 4.88. The van der Waals surface area contributed by atoms with E-state index < -0.39 is 0 Å². The minimum atomic E-state index is -0.0519. The number of anilines is 1. The lowest BCUT2D eigenvalue weighted by Crippen LogP contribution is -2.45. The van der Waals surface area contributed by atoms with Gasteiger partial charge in [0.05, 0.1) is 17.9 Å². The van der Waals surface area contributed by atoms with Crippen molar-refractivity contribution in [3.8, 4) is 5.75 Å². The molecule has 0 fully saturated rings. The van der Waals surface area contributed by atoms with Crippen LogP contribution >= 0.6 is 0 Å². The summed E-state index contributed by atoms with van der Waals surface area (Å²) in [6.07, 6.45) is 1.82. The lowest BCUT2D eigenvalue weighted by Gasteiger charge is -2.37. The maximum absolute atomic E-state index is 12.3. The first kappa shape index (κ1) is 17.5. The molecule has 6 nitrogen and oxygen atoms in total. The Morgan fingerprint density at radius 2 is 2.04 bits per heavy atom. The smallest absolute Gasteiger partial charge is 0.258 e. The lowest BCUT2D eigenvalue weighted by atomic mass is 10.2. The third kappa shape index (κ3) is 3.66. The van der Waals surface area contributed by atoms with Gasteiger partial charge in [-0.1, -0.05) is 18.2 Å². The summed E-state index contributed by atoms with van der Waals surface area (Å²) < 4.78 is 7.76. The Bertz CT molecular complexity index is 1000. The summed E-state index contributed by atoms with van der Waals surface area (Å²) in [6, 6.07) is 15.4. The molecule has 1 aliphatic rings. The Balaban J connectivity index is 1.47. The van der Waals surface area contributed by atoms with Crippen molar-refractivity contribution in [2.45, 2.75) is 19.6 Å². The molecule has 2 aromatic heterocycles. The molecule has 0 saturated heterocycles. The Labute approximate surface area is 158 Å². The molecule has 1 unspecified atom stereocenters. The van der Waals surface area contributed by atoms with Crippen molar-refractivity contribution in [2.75, 3.05) is 31.6 Å². The van der Waals surface area contributed by atoms with Crippen molar-refractivity contribution < 1.29 is 4.74 Å². The first-order valence-electron chi connectivity index (χ1n) is 9.30.